The zero-order valence-electron chi connectivity index (χ0n) is 12.6. The number of hydrogen-bond acceptors (Lipinski definition) is 4. The van der Waals surface area contributed by atoms with Gasteiger partial charge in [-0.05, 0) is 0 Å². The fourth-order valence-electron chi connectivity index (χ4n) is 2.66. The molecule has 1 fully saturated rings. The van der Waals surface area contributed by atoms with Crippen LogP contribution in [0.5, 0.6) is 0 Å². The summed E-state index contributed by atoms with van der Waals surface area (Å²) < 4.78 is 6.32. The molecule has 0 amide bonds. The van der Waals surface area contributed by atoms with Crippen LogP contribution in [0.3, 0.4) is 0 Å². The molecule has 0 aliphatic carbocycles. The van der Waals surface area contributed by atoms with Crippen LogP contribution < -0.4 is 4.46 Å². The fraction of sp³-hybridized carbons (Fsp3) is 0.471. The van der Waals surface area contributed by atoms with Crippen LogP contribution in [-0.4, -0.2) is 50.0 Å². The Morgan fingerprint density at radius 1 is 1.36 bits per heavy atom. The van der Waals surface area contributed by atoms with Gasteiger partial charge in [-0.2, -0.15) is 0 Å². The van der Waals surface area contributed by atoms with E-state index in [4.69, 9.17) is 4.74 Å². The fourth-order valence-corrected chi connectivity index (χ4v) is 4.48. The van der Waals surface area contributed by atoms with Gasteiger partial charge in [0, 0.05) is 0 Å². The summed E-state index contributed by atoms with van der Waals surface area (Å²) in [5.74, 6) is -1.05. The van der Waals surface area contributed by atoms with Crippen LogP contribution in [0.2, 0.25) is 5.32 Å². The molecule has 4 nitrogen and oxygen atoms in total. The number of aliphatic hydroxyl groups excluding tert-OH is 2. The molecule has 0 aromatic heterocycles. The van der Waals surface area contributed by atoms with E-state index in [1.807, 2.05) is 18.2 Å². The van der Waals surface area contributed by atoms with Crippen LogP contribution in [0.4, 0.5) is 0 Å². The van der Waals surface area contributed by atoms with Gasteiger partial charge in [0.25, 0.3) is 0 Å². The van der Waals surface area contributed by atoms with Crippen molar-refractivity contribution in [3.8, 4) is 0 Å². The summed E-state index contributed by atoms with van der Waals surface area (Å²) in [6.45, 7) is 2.09. The van der Waals surface area contributed by atoms with Gasteiger partial charge in [0.05, 0.1) is 0 Å². The molecule has 1 unspecified atom stereocenters. The van der Waals surface area contributed by atoms with Crippen molar-refractivity contribution in [1.29, 1.82) is 0 Å². The maximum atomic E-state index is 11.8. The number of rotatable bonds is 7. The molecule has 22 heavy (non-hydrogen) atoms. The molecule has 1 heterocycles. The Balaban J connectivity index is 1.87. The first-order valence-corrected chi connectivity index (χ1v) is 9.52. The average molecular weight is 369 g/mol. The predicted octanol–water partition coefficient (Wildman–Crippen LogP) is 0.912. The van der Waals surface area contributed by atoms with Crippen molar-refractivity contribution in [1.82, 2.24) is 0 Å². The van der Waals surface area contributed by atoms with Gasteiger partial charge in [-0.15, -0.1) is 0 Å². The third kappa shape index (κ3) is 4.68. The molecule has 1 aromatic rings. The van der Waals surface area contributed by atoms with Crippen LogP contribution in [0, 0.1) is 11.8 Å². The molecule has 0 saturated carbocycles. The van der Waals surface area contributed by atoms with Gasteiger partial charge in [0.15, 0.2) is 0 Å². The second kappa shape index (κ2) is 8.49. The summed E-state index contributed by atoms with van der Waals surface area (Å²) in [6.07, 6.45) is 2.50. The van der Waals surface area contributed by atoms with Gasteiger partial charge in [0.2, 0.25) is 0 Å². The van der Waals surface area contributed by atoms with E-state index in [1.54, 1.807) is 19.1 Å². The standard InChI is InChI=1S/C17H22O4Se/c1-2-6-15(19)16-12(10-21-17(16)20)9-13(18)11-22-14-7-4-3-5-8-14/h2-8,12-13,15-16,18-19H,9-11H2,1H3/b6-2+/t12-,13-,15?,16-/m0/s1. The second-order valence-corrected chi connectivity index (χ2v) is 7.74. The zero-order chi connectivity index (χ0) is 15.9. The first kappa shape index (κ1) is 17.2. The van der Waals surface area contributed by atoms with Crippen molar-refractivity contribution in [2.75, 3.05) is 6.61 Å². The molecule has 2 N–H and O–H groups in total. The Morgan fingerprint density at radius 3 is 2.77 bits per heavy atom. The topological polar surface area (TPSA) is 66.8 Å². The zero-order valence-corrected chi connectivity index (χ0v) is 14.3. The minimum absolute atomic E-state index is 0.125. The molecule has 1 aromatic carbocycles. The van der Waals surface area contributed by atoms with E-state index < -0.39 is 18.1 Å². The Morgan fingerprint density at radius 2 is 2.09 bits per heavy atom. The number of benzene rings is 1. The summed E-state index contributed by atoms with van der Waals surface area (Å²) in [4.78, 5) is 11.8. The summed E-state index contributed by atoms with van der Waals surface area (Å²) in [7, 11) is 0. The molecule has 0 bridgehead atoms. The van der Waals surface area contributed by atoms with Crippen molar-refractivity contribution in [3.05, 3.63) is 42.5 Å². The van der Waals surface area contributed by atoms with E-state index in [1.165, 1.54) is 4.46 Å². The molecule has 1 aliphatic heterocycles. The number of carbonyl (C=O) groups is 1. The molecular weight excluding hydrogens is 347 g/mol. The van der Waals surface area contributed by atoms with Gasteiger partial charge < -0.3 is 0 Å². The first-order valence-electron chi connectivity index (χ1n) is 7.45. The van der Waals surface area contributed by atoms with Gasteiger partial charge >= 0.3 is 137 Å². The normalized spacial score (nSPS) is 24.4. The molecule has 0 radical (unpaired) electrons. The quantitative estimate of drug-likeness (QED) is 0.426. The molecule has 2 rings (SSSR count). The molecule has 1 aliphatic rings. The number of esters is 1. The van der Waals surface area contributed by atoms with Crippen molar-refractivity contribution >= 4 is 25.4 Å². The van der Waals surface area contributed by atoms with Gasteiger partial charge in [0.1, 0.15) is 0 Å². The SMILES string of the molecule is C/C=C/C(O)[C@H]1C(=O)OC[C@@H]1C[C@H](O)C[Se]c1ccccc1. The number of carbonyl (C=O) groups excluding carboxylic acids is 1. The summed E-state index contributed by atoms with van der Waals surface area (Å²) in [5, 5.41) is 21.0. The van der Waals surface area contributed by atoms with Crippen LogP contribution >= 0.6 is 0 Å². The molecule has 0 spiro atoms. The molecule has 1 saturated heterocycles. The van der Waals surface area contributed by atoms with Gasteiger partial charge in [-0.25, -0.2) is 0 Å². The second-order valence-electron chi connectivity index (χ2n) is 5.45. The Bertz CT molecular complexity index is 503. The maximum absolute atomic E-state index is 11.8. The molecule has 120 valence electrons. The third-order valence-electron chi connectivity index (χ3n) is 3.74. The minimum atomic E-state index is -0.836. The number of hydrogen-bond donors (Lipinski definition) is 2. The van der Waals surface area contributed by atoms with E-state index >= 15 is 0 Å². The molecular formula is C17H22O4Se. The first-order chi connectivity index (χ1) is 10.6. The van der Waals surface area contributed by atoms with Crippen LogP contribution in [0.1, 0.15) is 13.3 Å². The van der Waals surface area contributed by atoms with E-state index in [0.29, 0.717) is 11.7 Å². The molecule has 5 heteroatoms. The molecule has 4 atom stereocenters. The Kier molecular flexibility index (Phi) is 6.65. The summed E-state index contributed by atoms with van der Waals surface area (Å²) >= 11 is 0.210. The number of aliphatic hydroxyl groups is 2. The number of allylic oxidation sites excluding steroid dienone is 1. The van der Waals surface area contributed by atoms with Crippen molar-refractivity contribution in [3.63, 3.8) is 0 Å². The van der Waals surface area contributed by atoms with E-state index in [-0.39, 0.29) is 33.5 Å². The summed E-state index contributed by atoms with van der Waals surface area (Å²) in [5.41, 5.74) is 0. The van der Waals surface area contributed by atoms with Crippen molar-refractivity contribution in [2.24, 2.45) is 11.8 Å². The monoisotopic (exact) mass is 370 g/mol. The Labute approximate surface area is 137 Å². The van der Waals surface area contributed by atoms with Crippen molar-refractivity contribution < 1.29 is 19.7 Å². The number of ether oxygens (including phenoxy) is 1. The van der Waals surface area contributed by atoms with E-state index in [2.05, 4.69) is 12.1 Å². The average Bonchev–Trinajstić information content (AvgIpc) is 2.87. The van der Waals surface area contributed by atoms with E-state index in [9.17, 15) is 15.0 Å². The van der Waals surface area contributed by atoms with Crippen molar-refractivity contribution in [2.45, 2.75) is 30.9 Å². The van der Waals surface area contributed by atoms with Crippen LogP contribution in [0.15, 0.2) is 42.5 Å². The van der Waals surface area contributed by atoms with Gasteiger partial charge in [-0.3, -0.25) is 0 Å². The van der Waals surface area contributed by atoms with E-state index in [0.717, 1.165) is 0 Å². The van der Waals surface area contributed by atoms with Crippen LogP contribution in [-0.2, 0) is 9.53 Å². The number of cyclic esters (lactones) is 1. The Hall–Kier alpha value is -1.13. The summed E-state index contributed by atoms with van der Waals surface area (Å²) in [6, 6.07) is 10.1. The predicted molar refractivity (Wildman–Crippen MR) is 86.0 cm³/mol. The van der Waals surface area contributed by atoms with Crippen LogP contribution in [0.25, 0.3) is 0 Å². The van der Waals surface area contributed by atoms with Gasteiger partial charge in [-0.1, -0.05) is 0 Å². The third-order valence-corrected chi connectivity index (χ3v) is 6.17.